The largest absolute Gasteiger partial charge is 0.376 e. The number of aromatic nitrogens is 2. The van der Waals surface area contributed by atoms with Gasteiger partial charge in [-0.25, -0.2) is 4.39 Å². The Hall–Kier alpha value is -1.07. The number of nitrogens with one attached hydrogen (secondary N) is 1. The lowest BCUT2D eigenvalue weighted by atomic mass is 10.2. The summed E-state index contributed by atoms with van der Waals surface area (Å²) in [4.78, 5) is 0. The first kappa shape index (κ1) is 13.4. The van der Waals surface area contributed by atoms with Gasteiger partial charge < -0.3 is 5.32 Å². The molecule has 0 saturated heterocycles. The first-order valence-electron chi connectivity index (χ1n) is 5.37. The minimum atomic E-state index is -0.369. The maximum Gasteiger partial charge on any atom is 0.125 e. The highest BCUT2D eigenvalue weighted by Gasteiger charge is 2.13. The number of anilines is 1. The lowest BCUT2D eigenvalue weighted by Gasteiger charge is -2.16. The van der Waals surface area contributed by atoms with E-state index in [0.29, 0.717) is 15.2 Å². The van der Waals surface area contributed by atoms with Crippen molar-refractivity contribution in [1.82, 2.24) is 9.78 Å². The second-order valence-corrected chi connectivity index (χ2v) is 5.32. The molecule has 0 saturated carbocycles. The molecule has 1 aromatic carbocycles. The Morgan fingerprint density at radius 2 is 2.22 bits per heavy atom. The Kier molecular flexibility index (Phi) is 3.92. The van der Waals surface area contributed by atoms with Crippen molar-refractivity contribution in [2.75, 3.05) is 5.32 Å². The summed E-state index contributed by atoms with van der Waals surface area (Å²) in [6, 6.07) is 2.69. The Labute approximate surface area is 118 Å². The molecule has 1 N–H and O–H groups in total. The predicted molar refractivity (Wildman–Crippen MR) is 74.4 cm³/mol. The van der Waals surface area contributed by atoms with Crippen molar-refractivity contribution in [2.45, 2.75) is 13.0 Å². The Morgan fingerprint density at radius 3 is 2.78 bits per heavy atom. The molecule has 0 amide bonds. The number of rotatable bonds is 3. The number of benzene rings is 1. The zero-order chi connectivity index (χ0) is 13.3. The van der Waals surface area contributed by atoms with Gasteiger partial charge in [-0.15, -0.1) is 0 Å². The fourth-order valence-electron chi connectivity index (χ4n) is 1.64. The minimum Gasteiger partial charge on any atom is -0.376 e. The number of hydrogen-bond donors (Lipinski definition) is 1. The third-order valence-electron chi connectivity index (χ3n) is 2.59. The van der Waals surface area contributed by atoms with Gasteiger partial charge in [0.1, 0.15) is 5.82 Å². The first-order valence-corrected chi connectivity index (χ1v) is 6.54. The van der Waals surface area contributed by atoms with Crippen molar-refractivity contribution >= 4 is 33.2 Å². The van der Waals surface area contributed by atoms with Gasteiger partial charge >= 0.3 is 0 Å². The second-order valence-electron chi connectivity index (χ2n) is 4.06. The summed E-state index contributed by atoms with van der Waals surface area (Å²) in [6.45, 7) is 1.99. The van der Waals surface area contributed by atoms with Gasteiger partial charge in [-0.05, 0) is 35.0 Å². The van der Waals surface area contributed by atoms with Crippen LogP contribution in [0.5, 0.6) is 0 Å². The molecular weight excluding hydrogens is 321 g/mol. The lowest BCUT2D eigenvalue weighted by molar-refractivity contribution is 0.627. The fraction of sp³-hybridized carbons (Fsp3) is 0.250. The average molecular weight is 333 g/mol. The van der Waals surface area contributed by atoms with Gasteiger partial charge in [-0.2, -0.15) is 5.10 Å². The van der Waals surface area contributed by atoms with Gasteiger partial charge in [-0.1, -0.05) is 11.6 Å². The molecule has 0 aliphatic heterocycles. The first-order chi connectivity index (χ1) is 8.47. The quantitative estimate of drug-likeness (QED) is 0.915. The molecule has 96 valence electrons. The van der Waals surface area contributed by atoms with E-state index in [1.165, 1.54) is 12.1 Å². The number of aryl methyl sites for hydroxylation is 1. The molecule has 0 bridgehead atoms. The topological polar surface area (TPSA) is 29.9 Å². The van der Waals surface area contributed by atoms with Crippen molar-refractivity contribution in [3.05, 3.63) is 45.4 Å². The summed E-state index contributed by atoms with van der Waals surface area (Å²) in [7, 11) is 1.86. The van der Waals surface area contributed by atoms with Gasteiger partial charge in [0.25, 0.3) is 0 Å². The van der Waals surface area contributed by atoms with Crippen molar-refractivity contribution in [3.63, 3.8) is 0 Å². The van der Waals surface area contributed by atoms with Crippen molar-refractivity contribution < 1.29 is 4.39 Å². The van der Waals surface area contributed by atoms with Crippen LogP contribution in [0.15, 0.2) is 29.0 Å². The average Bonchev–Trinajstić information content (AvgIpc) is 2.70. The molecule has 0 radical (unpaired) electrons. The molecule has 0 spiro atoms. The summed E-state index contributed by atoms with van der Waals surface area (Å²) in [5.41, 5.74) is 1.71. The molecule has 1 heterocycles. The molecule has 1 atom stereocenters. The zero-order valence-corrected chi connectivity index (χ0v) is 12.3. The van der Waals surface area contributed by atoms with Crippen LogP contribution >= 0.6 is 27.5 Å². The molecule has 6 heteroatoms. The number of hydrogen-bond acceptors (Lipinski definition) is 2. The molecule has 0 fully saturated rings. The van der Waals surface area contributed by atoms with Crippen LogP contribution in [-0.4, -0.2) is 9.78 Å². The second kappa shape index (κ2) is 5.28. The van der Waals surface area contributed by atoms with Crippen LogP contribution in [0.2, 0.25) is 5.02 Å². The molecule has 3 nitrogen and oxygen atoms in total. The van der Waals surface area contributed by atoms with Crippen LogP contribution in [0.25, 0.3) is 0 Å². The van der Waals surface area contributed by atoms with Crippen LogP contribution < -0.4 is 5.32 Å². The third-order valence-corrected chi connectivity index (χ3v) is 3.52. The smallest absolute Gasteiger partial charge is 0.125 e. The Bertz CT molecular complexity index is 547. The molecular formula is C12H12BrClFN3. The molecule has 2 aromatic rings. The van der Waals surface area contributed by atoms with Crippen LogP contribution in [0.4, 0.5) is 10.1 Å². The van der Waals surface area contributed by atoms with E-state index in [2.05, 4.69) is 26.3 Å². The van der Waals surface area contributed by atoms with Crippen molar-refractivity contribution in [3.8, 4) is 0 Å². The van der Waals surface area contributed by atoms with E-state index in [0.717, 1.165) is 5.56 Å². The van der Waals surface area contributed by atoms with Crippen molar-refractivity contribution in [1.29, 1.82) is 0 Å². The van der Waals surface area contributed by atoms with Gasteiger partial charge in [-0.3, -0.25) is 4.68 Å². The Balaban J connectivity index is 2.24. The molecule has 1 unspecified atom stereocenters. The molecule has 18 heavy (non-hydrogen) atoms. The number of nitrogens with zero attached hydrogens (tertiary/aromatic N) is 2. The van der Waals surface area contributed by atoms with E-state index < -0.39 is 0 Å². The summed E-state index contributed by atoms with van der Waals surface area (Å²) < 4.78 is 15.4. The highest BCUT2D eigenvalue weighted by molar-refractivity contribution is 9.10. The molecule has 0 aliphatic carbocycles. The molecule has 2 rings (SSSR count). The zero-order valence-electron chi connectivity index (χ0n) is 9.92. The Morgan fingerprint density at radius 1 is 1.50 bits per heavy atom. The summed E-state index contributed by atoms with van der Waals surface area (Å²) in [5.74, 6) is -0.369. The molecule has 1 aromatic heterocycles. The van der Waals surface area contributed by atoms with Crippen LogP contribution in [0.3, 0.4) is 0 Å². The standard InChI is InChI=1S/C12H12BrClFN3/c1-7(8-5-16-18(2)6-8)17-12-10(13)3-9(15)4-11(12)14/h3-7,17H,1-2H3. The lowest BCUT2D eigenvalue weighted by Crippen LogP contribution is -2.07. The van der Waals surface area contributed by atoms with Gasteiger partial charge in [0.15, 0.2) is 0 Å². The van der Waals surface area contributed by atoms with Crippen LogP contribution in [0, 0.1) is 5.82 Å². The maximum absolute atomic E-state index is 13.1. The van der Waals surface area contributed by atoms with E-state index in [1.54, 1.807) is 10.9 Å². The van der Waals surface area contributed by atoms with Gasteiger partial charge in [0.2, 0.25) is 0 Å². The van der Waals surface area contributed by atoms with Gasteiger partial charge in [0.05, 0.1) is 22.9 Å². The van der Waals surface area contributed by atoms with Gasteiger partial charge in [0, 0.05) is 23.3 Å². The SMILES string of the molecule is CC(Nc1c(Cl)cc(F)cc1Br)c1cnn(C)c1. The van der Waals surface area contributed by atoms with Crippen LogP contribution in [-0.2, 0) is 7.05 Å². The van der Waals surface area contributed by atoms with E-state index >= 15 is 0 Å². The highest BCUT2D eigenvalue weighted by atomic mass is 79.9. The van der Waals surface area contributed by atoms with E-state index in [4.69, 9.17) is 11.6 Å². The summed E-state index contributed by atoms with van der Waals surface area (Å²) in [6.07, 6.45) is 3.70. The third kappa shape index (κ3) is 2.84. The summed E-state index contributed by atoms with van der Waals surface area (Å²) >= 11 is 9.31. The summed E-state index contributed by atoms with van der Waals surface area (Å²) in [5, 5.41) is 7.69. The van der Waals surface area contributed by atoms with E-state index in [1.807, 2.05) is 20.2 Å². The maximum atomic E-state index is 13.1. The van der Waals surface area contributed by atoms with E-state index in [-0.39, 0.29) is 11.9 Å². The van der Waals surface area contributed by atoms with Crippen LogP contribution in [0.1, 0.15) is 18.5 Å². The highest BCUT2D eigenvalue weighted by Crippen LogP contribution is 2.34. The molecule has 0 aliphatic rings. The normalized spacial score (nSPS) is 12.5. The number of halogens is 3. The van der Waals surface area contributed by atoms with Crippen molar-refractivity contribution in [2.24, 2.45) is 7.05 Å². The fourth-order valence-corrected chi connectivity index (χ4v) is 2.57. The monoisotopic (exact) mass is 331 g/mol. The van der Waals surface area contributed by atoms with E-state index in [9.17, 15) is 4.39 Å². The predicted octanol–water partition coefficient (Wildman–Crippen LogP) is 4.15. The minimum absolute atomic E-state index is 0.0259.